The topological polar surface area (TPSA) is 38.3 Å². The molecular formula is C17H18ClNO2. The van der Waals surface area contributed by atoms with Crippen molar-refractivity contribution in [1.82, 2.24) is 0 Å². The van der Waals surface area contributed by atoms with Gasteiger partial charge in [0.15, 0.2) is 6.10 Å². The number of carbonyl (C=O) groups is 1. The standard InChI is InChI=1S/C17H18ClNO2/c1-3-16(21-15-6-4-5-12(2)11-15)17(20)19-14-9-7-13(18)8-10-14/h4-11,16H,3H2,1-2H3,(H,19,20). The van der Waals surface area contributed by atoms with Gasteiger partial charge < -0.3 is 10.1 Å². The number of carbonyl (C=O) groups excluding carboxylic acids is 1. The van der Waals surface area contributed by atoms with Crippen molar-refractivity contribution in [2.24, 2.45) is 0 Å². The van der Waals surface area contributed by atoms with Crippen LogP contribution in [-0.4, -0.2) is 12.0 Å². The first kappa shape index (κ1) is 15.4. The number of nitrogens with one attached hydrogen (secondary N) is 1. The molecule has 0 saturated carbocycles. The third-order valence-corrected chi connectivity index (χ3v) is 3.29. The molecule has 2 rings (SSSR count). The average molecular weight is 304 g/mol. The average Bonchev–Trinajstić information content (AvgIpc) is 2.47. The first-order valence-electron chi connectivity index (χ1n) is 6.88. The normalized spacial score (nSPS) is 11.8. The molecule has 0 radical (unpaired) electrons. The van der Waals surface area contributed by atoms with Crippen LogP contribution in [0.4, 0.5) is 5.69 Å². The highest BCUT2D eigenvalue weighted by Gasteiger charge is 2.18. The molecule has 0 aliphatic rings. The fourth-order valence-corrected chi connectivity index (χ4v) is 2.06. The lowest BCUT2D eigenvalue weighted by molar-refractivity contribution is -0.122. The van der Waals surface area contributed by atoms with Gasteiger partial charge in [-0.15, -0.1) is 0 Å². The summed E-state index contributed by atoms with van der Waals surface area (Å²) in [6.45, 7) is 3.91. The third kappa shape index (κ3) is 4.50. The zero-order valence-corrected chi connectivity index (χ0v) is 12.9. The molecule has 0 aromatic heterocycles. The predicted molar refractivity (Wildman–Crippen MR) is 86.0 cm³/mol. The Kier molecular flexibility index (Phi) is 5.23. The Balaban J connectivity index is 2.03. The van der Waals surface area contributed by atoms with E-state index in [0.29, 0.717) is 22.9 Å². The highest BCUT2D eigenvalue weighted by Crippen LogP contribution is 2.17. The van der Waals surface area contributed by atoms with Crippen molar-refractivity contribution in [3.63, 3.8) is 0 Å². The number of hydrogen-bond acceptors (Lipinski definition) is 2. The van der Waals surface area contributed by atoms with Crippen molar-refractivity contribution in [3.05, 3.63) is 59.1 Å². The number of halogens is 1. The molecule has 2 aromatic rings. The first-order chi connectivity index (χ1) is 10.1. The van der Waals surface area contributed by atoms with E-state index in [1.165, 1.54) is 0 Å². The van der Waals surface area contributed by atoms with Gasteiger partial charge in [-0.3, -0.25) is 4.79 Å². The summed E-state index contributed by atoms with van der Waals surface area (Å²) in [4.78, 5) is 12.2. The second kappa shape index (κ2) is 7.14. The van der Waals surface area contributed by atoms with Gasteiger partial charge >= 0.3 is 0 Å². The second-order valence-corrected chi connectivity index (χ2v) is 5.26. The summed E-state index contributed by atoms with van der Waals surface area (Å²) in [6.07, 6.45) is 0.0652. The van der Waals surface area contributed by atoms with Crippen LogP contribution >= 0.6 is 11.6 Å². The lowest BCUT2D eigenvalue weighted by Gasteiger charge is -2.17. The van der Waals surface area contributed by atoms with Crippen LogP contribution in [0.1, 0.15) is 18.9 Å². The molecule has 0 spiro atoms. The summed E-state index contributed by atoms with van der Waals surface area (Å²) in [6, 6.07) is 14.7. The minimum Gasteiger partial charge on any atom is -0.481 e. The number of hydrogen-bond donors (Lipinski definition) is 1. The van der Waals surface area contributed by atoms with Gasteiger partial charge in [0.25, 0.3) is 5.91 Å². The maximum atomic E-state index is 12.2. The number of amides is 1. The van der Waals surface area contributed by atoms with Crippen molar-refractivity contribution in [3.8, 4) is 5.75 Å². The smallest absolute Gasteiger partial charge is 0.265 e. The number of ether oxygens (including phenoxy) is 1. The quantitative estimate of drug-likeness (QED) is 0.886. The maximum absolute atomic E-state index is 12.2. The molecule has 0 heterocycles. The molecule has 1 unspecified atom stereocenters. The SMILES string of the molecule is CCC(Oc1cccc(C)c1)C(=O)Nc1ccc(Cl)cc1. The number of aryl methyl sites for hydroxylation is 1. The Morgan fingerprint density at radius 3 is 2.57 bits per heavy atom. The van der Waals surface area contributed by atoms with Crippen molar-refractivity contribution in [2.75, 3.05) is 5.32 Å². The zero-order valence-electron chi connectivity index (χ0n) is 12.1. The molecule has 0 saturated heterocycles. The second-order valence-electron chi connectivity index (χ2n) is 4.83. The molecule has 1 atom stereocenters. The van der Waals surface area contributed by atoms with E-state index in [-0.39, 0.29) is 5.91 Å². The molecular weight excluding hydrogens is 286 g/mol. The van der Waals surface area contributed by atoms with Crippen LogP contribution in [0.3, 0.4) is 0 Å². The molecule has 21 heavy (non-hydrogen) atoms. The lowest BCUT2D eigenvalue weighted by Crippen LogP contribution is -2.32. The molecule has 110 valence electrons. The van der Waals surface area contributed by atoms with Gasteiger partial charge in [-0.2, -0.15) is 0 Å². The van der Waals surface area contributed by atoms with Crippen LogP contribution in [0.5, 0.6) is 5.75 Å². The van der Waals surface area contributed by atoms with Gasteiger partial charge in [-0.25, -0.2) is 0 Å². The fourth-order valence-electron chi connectivity index (χ4n) is 1.93. The Morgan fingerprint density at radius 2 is 1.95 bits per heavy atom. The van der Waals surface area contributed by atoms with E-state index in [0.717, 1.165) is 5.56 Å². The van der Waals surface area contributed by atoms with E-state index in [4.69, 9.17) is 16.3 Å². The highest BCUT2D eigenvalue weighted by atomic mass is 35.5. The van der Waals surface area contributed by atoms with Gasteiger partial charge in [0.05, 0.1) is 0 Å². The number of rotatable bonds is 5. The van der Waals surface area contributed by atoms with Gasteiger partial charge in [0.1, 0.15) is 5.75 Å². The van der Waals surface area contributed by atoms with Gasteiger partial charge in [0, 0.05) is 10.7 Å². The summed E-state index contributed by atoms with van der Waals surface area (Å²) in [7, 11) is 0. The van der Waals surface area contributed by atoms with Crippen molar-refractivity contribution in [1.29, 1.82) is 0 Å². The van der Waals surface area contributed by atoms with Crippen LogP contribution in [0.2, 0.25) is 5.02 Å². The molecule has 4 heteroatoms. The molecule has 2 aromatic carbocycles. The van der Waals surface area contributed by atoms with E-state index >= 15 is 0 Å². The largest absolute Gasteiger partial charge is 0.481 e. The predicted octanol–water partition coefficient (Wildman–Crippen LogP) is 4.44. The molecule has 0 aliphatic carbocycles. The van der Waals surface area contributed by atoms with Gasteiger partial charge in [-0.1, -0.05) is 30.7 Å². The summed E-state index contributed by atoms with van der Waals surface area (Å²) < 4.78 is 5.76. The minimum absolute atomic E-state index is 0.165. The summed E-state index contributed by atoms with van der Waals surface area (Å²) in [5, 5.41) is 3.47. The van der Waals surface area contributed by atoms with E-state index in [9.17, 15) is 4.79 Å². The zero-order chi connectivity index (χ0) is 15.2. The minimum atomic E-state index is -0.525. The van der Waals surface area contributed by atoms with E-state index in [2.05, 4.69) is 5.32 Å². The number of benzene rings is 2. The Hall–Kier alpha value is -2.00. The molecule has 0 bridgehead atoms. The van der Waals surface area contributed by atoms with Gasteiger partial charge in [0.2, 0.25) is 0 Å². The van der Waals surface area contributed by atoms with Gasteiger partial charge in [-0.05, 0) is 55.3 Å². The van der Waals surface area contributed by atoms with E-state index in [1.807, 2.05) is 38.1 Å². The monoisotopic (exact) mass is 303 g/mol. The molecule has 3 nitrogen and oxygen atoms in total. The summed E-state index contributed by atoms with van der Waals surface area (Å²) >= 11 is 5.82. The van der Waals surface area contributed by atoms with Crippen LogP contribution in [0.15, 0.2) is 48.5 Å². The molecule has 1 N–H and O–H groups in total. The maximum Gasteiger partial charge on any atom is 0.265 e. The summed E-state index contributed by atoms with van der Waals surface area (Å²) in [5.41, 5.74) is 1.80. The van der Waals surface area contributed by atoms with Crippen LogP contribution in [0, 0.1) is 6.92 Å². The lowest BCUT2D eigenvalue weighted by atomic mass is 10.2. The summed E-state index contributed by atoms with van der Waals surface area (Å²) in [5.74, 6) is 0.537. The Labute approximate surface area is 129 Å². The van der Waals surface area contributed by atoms with Crippen molar-refractivity contribution < 1.29 is 9.53 Å². The number of anilines is 1. The van der Waals surface area contributed by atoms with Crippen LogP contribution in [-0.2, 0) is 4.79 Å². The first-order valence-corrected chi connectivity index (χ1v) is 7.26. The highest BCUT2D eigenvalue weighted by molar-refractivity contribution is 6.30. The third-order valence-electron chi connectivity index (χ3n) is 3.04. The van der Waals surface area contributed by atoms with Crippen LogP contribution in [0.25, 0.3) is 0 Å². The molecule has 0 fully saturated rings. The Bertz CT molecular complexity index is 610. The van der Waals surface area contributed by atoms with Crippen LogP contribution < -0.4 is 10.1 Å². The molecule has 1 amide bonds. The Morgan fingerprint density at radius 1 is 1.24 bits per heavy atom. The van der Waals surface area contributed by atoms with E-state index in [1.54, 1.807) is 24.3 Å². The fraction of sp³-hybridized carbons (Fsp3) is 0.235. The molecule has 0 aliphatic heterocycles. The van der Waals surface area contributed by atoms with E-state index < -0.39 is 6.10 Å². The van der Waals surface area contributed by atoms with Crippen molar-refractivity contribution in [2.45, 2.75) is 26.4 Å². The van der Waals surface area contributed by atoms with Crippen molar-refractivity contribution >= 4 is 23.2 Å².